The summed E-state index contributed by atoms with van der Waals surface area (Å²) in [6.45, 7) is 5.08. The van der Waals surface area contributed by atoms with Gasteiger partial charge in [0.1, 0.15) is 0 Å². The summed E-state index contributed by atoms with van der Waals surface area (Å²) < 4.78 is 3.65. The van der Waals surface area contributed by atoms with Crippen molar-refractivity contribution in [2.45, 2.75) is 19.9 Å². The zero-order valence-electron chi connectivity index (χ0n) is 11.1. The highest BCUT2D eigenvalue weighted by atomic mass is 79.9. The Kier molecular flexibility index (Phi) is 4.76. The maximum Gasteiger partial charge on any atom is 0.153 e. The third-order valence-electron chi connectivity index (χ3n) is 3.06. The first kappa shape index (κ1) is 14.7. The summed E-state index contributed by atoms with van der Waals surface area (Å²) in [4.78, 5) is 0. The molecule has 1 heterocycles. The Morgan fingerprint density at radius 3 is 2.68 bits per heavy atom. The molecule has 2 rings (SSSR count). The predicted octanol–water partition coefficient (Wildman–Crippen LogP) is 3.35. The third kappa shape index (κ3) is 3.07. The van der Waals surface area contributed by atoms with Crippen LogP contribution in [0.5, 0.6) is 0 Å². The van der Waals surface area contributed by atoms with Crippen molar-refractivity contribution >= 4 is 31.9 Å². The van der Waals surface area contributed by atoms with Crippen molar-refractivity contribution in [1.29, 1.82) is 0 Å². The van der Waals surface area contributed by atoms with Gasteiger partial charge in [-0.05, 0) is 52.7 Å². The second-order valence-corrected chi connectivity index (χ2v) is 6.05. The van der Waals surface area contributed by atoms with Crippen molar-refractivity contribution in [3.8, 4) is 0 Å². The van der Waals surface area contributed by atoms with E-state index in [2.05, 4.69) is 79.5 Å². The number of benzene rings is 1. The minimum absolute atomic E-state index is 0.0666. The van der Waals surface area contributed by atoms with E-state index in [9.17, 15) is 0 Å². The summed E-state index contributed by atoms with van der Waals surface area (Å²) in [5, 5.41) is 11.6. The van der Waals surface area contributed by atoms with Crippen molar-refractivity contribution in [1.82, 2.24) is 20.3 Å². The van der Waals surface area contributed by atoms with Crippen LogP contribution < -0.4 is 5.32 Å². The van der Waals surface area contributed by atoms with E-state index in [1.165, 1.54) is 11.1 Å². The Hall–Kier alpha value is -0.720. The van der Waals surface area contributed by atoms with Gasteiger partial charge in [0, 0.05) is 11.5 Å². The van der Waals surface area contributed by atoms with Crippen LogP contribution >= 0.6 is 31.9 Å². The minimum atomic E-state index is 0.0666. The molecule has 19 heavy (non-hydrogen) atoms. The van der Waals surface area contributed by atoms with Crippen LogP contribution in [0.15, 0.2) is 27.3 Å². The number of nitrogens with one attached hydrogen (secondary N) is 1. The molecule has 102 valence electrons. The van der Waals surface area contributed by atoms with Crippen LogP contribution in [0.3, 0.4) is 0 Å². The lowest BCUT2D eigenvalue weighted by molar-refractivity contribution is 0.565. The summed E-state index contributed by atoms with van der Waals surface area (Å²) >= 11 is 7.02. The average molecular weight is 388 g/mol. The van der Waals surface area contributed by atoms with Crippen molar-refractivity contribution < 1.29 is 0 Å². The first-order chi connectivity index (χ1) is 9.04. The molecule has 0 aliphatic rings. The largest absolute Gasteiger partial charge is 0.305 e. The summed E-state index contributed by atoms with van der Waals surface area (Å²) in [5.41, 5.74) is 3.49. The van der Waals surface area contributed by atoms with Gasteiger partial charge >= 0.3 is 0 Å². The molecular formula is C13H16Br2N4. The zero-order chi connectivity index (χ0) is 14.0. The fourth-order valence-corrected chi connectivity index (χ4v) is 3.06. The standard InChI is InChI=1S/C13H16Br2N4/c1-4-16-11(12-13(15)17-18-19(12)3)10-7-9(14)6-5-8(10)2/h5-7,11,16H,4H2,1-3H3. The number of aryl methyl sites for hydroxylation is 2. The first-order valence-corrected chi connectivity index (χ1v) is 7.67. The molecule has 0 saturated carbocycles. The Morgan fingerprint density at radius 2 is 2.11 bits per heavy atom. The van der Waals surface area contributed by atoms with Crippen molar-refractivity contribution in [3.63, 3.8) is 0 Å². The Balaban J connectivity index is 2.54. The molecule has 6 heteroatoms. The molecule has 0 aliphatic carbocycles. The molecule has 2 aromatic rings. The van der Waals surface area contributed by atoms with Gasteiger partial charge < -0.3 is 5.32 Å². The molecular weight excluding hydrogens is 372 g/mol. The lowest BCUT2D eigenvalue weighted by Crippen LogP contribution is -2.25. The van der Waals surface area contributed by atoms with E-state index in [1.807, 2.05) is 7.05 Å². The van der Waals surface area contributed by atoms with Crippen LogP contribution in [-0.2, 0) is 7.05 Å². The summed E-state index contributed by atoms with van der Waals surface area (Å²) in [6, 6.07) is 6.37. The van der Waals surface area contributed by atoms with Gasteiger partial charge in [0.25, 0.3) is 0 Å². The predicted molar refractivity (Wildman–Crippen MR) is 83.1 cm³/mol. The van der Waals surface area contributed by atoms with Crippen LogP contribution in [0.25, 0.3) is 0 Å². The third-order valence-corrected chi connectivity index (χ3v) is 4.12. The second-order valence-electron chi connectivity index (χ2n) is 4.38. The minimum Gasteiger partial charge on any atom is -0.305 e. The molecule has 1 atom stereocenters. The quantitative estimate of drug-likeness (QED) is 0.874. The van der Waals surface area contributed by atoms with E-state index in [1.54, 1.807) is 4.68 Å². The van der Waals surface area contributed by atoms with Crippen molar-refractivity contribution in [2.75, 3.05) is 6.54 Å². The molecule has 0 saturated heterocycles. The summed E-state index contributed by atoms with van der Waals surface area (Å²) in [5.74, 6) is 0. The smallest absolute Gasteiger partial charge is 0.153 e. The normalized spacial score (nSPS) is 12.7. The van der Waals surface area contributed by atoms with Gasteiger partial charge in [-0.2, -0.15) is 0 Å². The fourth-order valence-electron chi connectivity index (χ4n) is 2.13. The van der Waals surface area contributed by atoms with E-state index in [0.717, 1.165) is 21.3 Å². The lowest BCUT2D eigenvalue weighted by Gasteiger charge is -2.21. The molecule has 1 unspecified atom stereocenters. The molecule has 1 N–H and O–H groups in total. The SMILES string of the molecule is CCNC(c1cc(Br)ccc1C)c1c(Br)nnn1C. The van der Waals surface area contributed by atoms with Crippen LogP contribution in [-0.4, -0.2) is 21.5 Å². The molecule has 0 aliphatic heterocycles. The number of hydrogen-bond acceptors (Lipinski definition) is 3. The van der Waals surface area contributed by atoms with Gasteiger partial charge in [0.2, 0.25) is 0 Å². The second kappa shape index (κ2) is 6.15. The Labute approximate surface area is 129 Å². The molecule has 4 nitrogen and oxygen atoms in total. The lowest BCUT2D eigenvalue weighted by atomic mass is 9.99. The van der Waals surface area contributed by atoms with E-state index >= 15 is 0 Å². The molecule has 1 aromatic carbocycles. The van der Waals surface area contributed by atoms with Gasteiger partial charge in [-0.3, -0.25) is 0 Å². The van der Waals surface area contributed by atoms with Crippen LogP contribution in [0.2, 0.25) is 0 Å². The summed E-state index contributed by atoms with van der Waals surface area (Å²) in [7, 11) is 1.91. The molecule has 0 radical (unpaired) electrons. The molecule has 0 spiro atoms. The van der Waals surface area contributed by atoms with E-state index < -0.39 is 0 Å². The topological polar surface area (TPSA) is 42.7 Å². The monoisotopic (exact) mass is 386 g/mol. The van der Waals surface area contributed by atoms with Gasteiger partial charge in [-0.25, -0.2) is 4.68 Å². The van der Waals surface area contributed by atoms with Crippen molar-refractivity contribution in [3.05, 3.63) is 44.1 Å². The zero-order valence-corrected chi connectivity index (χ0v) is 14.3. The van der Waals surface area contributed by atoms with Gasteiger partial charge in [-0.15, -0.1) is 5.10 Å². The number of rotatable bonds is 4. The maximum atomic E-state index is 4.07. The number of nitrogens with zero attached hydrogens (tertiary/aromatic N) is 3. The van der Waals surface area contributed by atoms with Crippen LogP contribution in [0, 0.1) is 6.92 Å². The van der Waals surface area contributed by atoms with Crippen LogP contribution in [0.4, 0.5) is 0 Å². The number of aromatic nitrogens is 3. The highest BCUT2D eigenvalue weighted by molar-refractivity contribution is 9.10. The van der Waals surface area contributed by atoms with Crippen LogP contribution in [0.1, 0.15) is 29.8 Å². The molecule has 1 aromatic heterocycles. The molecule has 0 bridgehead atoms. The van der Waals surface area contributed by atoms with E-state index in [-0.39, 0.29) is 6.04 Å². The van der Waals surface area contributed by atoms with Gasteiger partial charge in [0.15, 0.2) is 4.60 Å². The van der Waals surface area contributed by atoms with E-state index in [4.69, 9.17) is 0 Å². The highest BCUT2D eigenvalue weighted by Crippen LogP contribution is 2.30. The Bertz CT molecular complexity index is 561. The fraction of sp³-hybridized carbons (Fsp3) is 0.385. The molecule has 0 amide bonds. The number of halogens is 2. The van der Waals surface area contributed by atoms with E-state index in [0.29, 0.717) is 0 Å². The maximum absolute atomic E-state index is 4.07. The Morgan fingerprint density at radius 1 is 1.37 bits per heavy atom. The van der Waals surface area contributed by atoms with Gasteiger partial charge in [-0.1, -0.05) is 34.1 Å². The molecule has 0 fully saturated rings. The number of hydrogen-bond donors (Lipinski definition) is 1. The van der Waals surface area contributed by atoms with Gasteiger partial charge in [0.05, 0.1) is 11.7 Å². The van der Waals surface area contributed by atoms with Crippen molar-refractivity contribution in [2.24, 2.45) is 7.05 Å². The highest BCUT2D eigenvalue weighted by Gasteiger charge is 2.22. The first-order valence-electron chi connectivity index (χ1n) is 6.09. The average Bonchev–Trinajstić information content (AvgIpc) is 2.70. The summed E-state index contributed by atoms with van der Waals surface area (Å²) in [6.07, 6.45) is 0.